The Morgan fingerprint density at radius 3 is 1.49 bits per heavy atom. The van der Waals surface area contributed by atoms with Gasteiger partial charge in [-0.25, -0.2) is 4.57 Å². The minimum absolute atomic E-state index is 0.0905. The molecule has 0 saturated carbocycles. The minimum Gasteiger partial charge on any atom is -0.457 e. The number of quaternary nitrogens is 1. The Balaban J connectivity index is 4.23. The lowest BCUT2D eigenvalue weighted by Crippen LogP contribution is -2.37. The molecule has 0 bridgehead atoms. The van der Waals surface area contributed by atoms with Crippen LogP contribution in [0.25, 0.3) is 0 Å². The summed E-state index contributed by atoms with van der Waals surface area (Å²) < 4.78 is 34.9. The van der Waals surface area contributed by atoms with Crippen LogP contribution in [0.1, 0.15) is 194 Å². The summed E-state index contributed by atoms with van der Waals surface area (Å²) in [6.07, 6.45) is 38.0. The first-order valence-corrected chi connectivity index (χ1v) is 22.9. The zero-order valence-corrected chi connectivity index (χ0v) is 35.3. The molecule has 0 aromatic heterocycles. The zero-order chi connectivity index (χ0) is 37.7. The molecule has 8 nitrogen and oxygen atoms in total. The molecule has 0 saturated heterocycles. The van der Waals surface area contributed by atoms with Crippen LogP contribution in [-0.2, 0) is 27.9 Å². The van der Waals surface area contributed by atoms with Gasteiger partial charge in [-0.2, -0.15) is 0 Å². The Morgan fingerprint density at radius 2 is 1.02 bits per heavy atom. The van der Waals surface area contributed by atoms with Crippen LogP contribution in [0.4, 0.5) is 0 Å². The first-order valence-electron chi connectivity index (χ1n) is 21.4. The molecule has 0 fully saturated rings. The zero-order valence-electron chi connectivity index (χ0n) is 34.4. The van der Waals surface area contributed by atoms with Crippen molar-refractivity contribution >= 4 is 13.8 Å². The number of allylic oxidation sites excluding steroid dienone is 2. The third-order valence-corrected chi connectivity index (χ3v) is 10.3. The van der Waals surface area contributed by atoms with Gasteiger partial charge in [0.15, 0.2) is 0 Å². The topological polar surface area (TPSA) is 91.3 Å². The van der Waals surface area contributed by atoms with Crippen LogP contribution < -0.4 is 0 Å². The van der Waals surface area contributed by atoms with Crippen LogP contribution in [0.2, 0.25) is 0 Å². The Bertz CT molecular complexity index is 833. The van der Waals surface area contributed by atoms with Gasteiger partial charge in [0.2, 0.25) is 0 Å². The standard InChI is InChI=1S/C42H84NO7P/c1-6-8-10-12-14-16-18-20-21-22-24-26-28-30-32-34-37-47-39-41(40-49-51(45,46)48-38-36-43(3,4)5)50-42(44)35-33-31-29-27-25-23-19-17-15-13-11-9-7-2/h20-21,41H,6-19,22-40H2,1-5H3/p+1/b21-20-. The van der Waals surface area contributed by atoms with E-state index in [0.29, 0.717) is 24.1 Å². The maximum absolute atomic E-state index is 12.7. The Kier molecular flexibility index (Phi) is 35.7. The van der Waals surface area contributed by atoms with Crippen LogP contribution in [0.3, 0.4) is 0 Å². The molecule has 2 unspecified atom stereocenters. The van der Waals surface area contributed by atoms with Crippen molar-refractivity contribution in [2.75, 3.05) is 54.1 Å². The van der Waals surface area contributed by atoms with Gasteiger partial charge < -0.3 is 18.9 Å². The van der Waals surface area contributed by atoms with E-state index in [1.54, 1.807) is 0 Å². The van der Waals surface area contributed by atoms with Crippen molar-refractivity contribution in [2.24, 2.45) is 0 Å². The van der Waals surface area contributed by atoms with Gasteiger partial charge >= 0.3 is 13.8 Å². The van der Waals surface area contributed by atoms with Crippen LogP contribution >= 0.6 is 7.82 Å². The quantitative estimate of drug-likeness (QED) is 0.0219. The van der Waals surface area contributed by atoms with Gasteiger partial charge in [0.25, 0.3) is 0 Å². The fourth-order valence-electron chi connectivity index (χ4n) is 5.96. The van der Waals surface area contributed by atoms with E-state index in [1.807, 2.05) is 21.1 Å². The Labute approximate surface area is 316 Å². The number of phosphoric acid groups is 1. The molecule has 0 rings (SSSR count). The highest BCUT2D eigenvalue weighted by atomic mass is 31.2. The third kappa shape index (κ3) is 40.3. The van der Waals surface area contributed by atoms with Crippen molar-refractivity contribution < 1.29 is 37.3 Å². The van der Waals surface area contributed by atoms with Crippen molar-refractivity contribution in [1.29, 1.82) is 0 Å². The second-order valence-electron chi connectivity index (χ2n) is 15.7. The largest absolute Gasteiger partial charge is 0.472 e. The fourth-order valence-corrected chi connectivity index (χ4v) is 6.70. The van der Waals surface area contributed by atoms with Crippen LogP contribution in [0.15, 0.2) is 12.2 Å². The predicted octanol–water partition coefficient (Wildman–Crippen LogP) is 12.3. The third-order valence-electron chi connectivity index (χ3n) is 9.33. The molecule has 51 heavy (non-hydrogen) atoms. The van der Waals surface area contributed by atoms with E-state index < -0.39 is 13.9 Å². The van der Waals surface area contributed by atoms with Crippen molar-refractivity contribution in [3.63, 3.8) is 0 Å². The molecule has 2 atom stereocenters. The van der Waals surface area contributed by atoms with E-state index in [9.17, 15) is 14.3 Å². The summed E-state index contributed by atoms with van der Waals surface area (Å²) in [5, 5.41) is 0. The maximum Gasteiger partial charge on any atom is 0.472 e. The number of likely N-dealkylation sites (N-methyl/N-ethyl adjacent to an activating group) is 1. The summed E-state index contributed by atoms with van der Waals surface area (Å²) >= 11 is 0. The molecule has 0 aromatic rings. The van der Waals surface area contributed by atoms with Gasteiger partial charge in [0.1, 0.15) is 19.3 Å². The summed E-state index contributed by atoms with van der Waals surface area (Å²) in [7, 11) is 1.67. The first-order chi connectivity index (χ1) is 24.6. The number of hydrogen-bond acceptors (Lipinski definition) is 6. The van der Waals surface area contributed by atoms with Gasteiger partial charge in [-0.05, 0) is 38.5 Å². The average molecular weight is 747 g/mol. The minimum atomic E-state index is -4.27. The number of unbranched alkanes of at least 4 members (excludes halogenated alkanes) is 24. The normalized spacial score (nSPS) is 13.9. The van der Waals surface area contributed by atoms with E-state index in [1.165, 1.54) is 141 Å². The second kappa shape index (κ2) is 36.2. The number of ether oxygens (including phenoxy) is 2. The molecule has 0 aliphatic rings. The molecule has 0 aliphatic heterocycles. The number of phosphoric ester groups is 1. The average Bonchev–Trinajstić information content (AvgIpc) is 3.08. The molecule has 9 heteroatoms. The molecular formula is C42H85NO7P+. The molecule has 0 spiro atoms. The smallest absolute Gasteiger partial charge is 0.457 e. The Hall–Kier alpha value is -0.760. The summed E-state index contributed by atoms with van der Waals surface area (Å²) in [4.78, 5) is 22.8. The lowest BCUT2D eigenvalue weighted by molar-refractivity contribution is -0.870. The maximum atomic E-state index is 12.7. The van der Waals surface area contributed by atoms with Crippen molar-refractivity contribution in [1.82, 2.24) is 0 Å². The van der Waals surface area contributed by atoms with Crippen molar-refractivity contribution in [3.05, 3.63) is 12.2 Å². The molecule has 0 amide bonds. The van der Waals surface area contributed by atoms with E-state index >= 15 is 0 Å². The van der Waals surface area contributed by atoms with E-state index in [0.717, 1.165) is 32.1 Å². The van der Waals surface area contributed by atoms with Crippen LogP contribution in [-0.4, -0.2) is 75.6 Å². The van der Waals surface area contributed by atoms with Gasteiger partial charge in [-0.3, -0.25) is 13.8 Å². The monoisotopic (exact) mass is 747 g/mol. The van der Waals surface area contributed by atoms with Crippen LogP contribution in [0.5, 0.6) is 0 Å². The van der Waals surface area contributed by atoms with Crippen molar-refractivity contribution in [2.45, 2.75) is 200 Å². The number of esters is 1. The lowest BCUT2D eigenvalue weighted by Gasteiger charge is -2.24. The first kappa shape index (κ1) is 50.2. The van der Waals surface area contributed by atoms with Gasteiger partial charge in [-0.15, -0.1) is 0 Å². The highest BCUT2D eigenvalue weighted by Crippen LogP contribution is 2.43. The van der Waals surface area contributed by atoms with Crippen molar-refractivity contribution in [3.8, 4) is 0 Å². The molecule has 0 aromatic carbocycles. The number of hydrogen-bond donors (Lipinski definition) is 1. The highest BCUT2D eigenvalue weighted by Gasteiger charge is 2.26. The predicted molar refractivity (Wildman–Crippen MR) is 215 cm³/mol. The van der Waals surface area contributed by atoms with E-state index in [-0.39, 0.29) is 25.8 Å². The molecule has 1 N–H and O–H groups in total. The molecule has 0 aliphatic carbocycles. The summed E-state index contributed by atoms with van der Waals surface area (Å²) in [6, 6.07) is 0. The highest BCUT2D eigenvalue weighted by molar-refractivity contribution is 7.47. The molecule has 0 radical (unpaired) electrons. The lowest BCUT2D eigenvalue weighted by atomic mass is 10.0. The SMILES string of the molecule is CCCCCCCC/C=C\CCCCCCCCOCC(COP(=O)(O)OCC[N+](C)(C)C)OC(=O)CCCCCCCCCCCCCCC. The van der Waals surface area contributed by atoms with E-state index in [2.05, 4.69) is 26.0 Å². The molecule has 0 heterocycles. The fraction of sp³-hybridized carbons (Fsp3) is 0.929. The van der Waals surface area contributed by atoms with Gasteiger partial charge in [-0.1, -0.05) is 161 Å². The number of rotatable bonds is 40. The Morgan fingerprint density at radius 1 is 0.588 bits per heavy atom. The summed E-state index contributed by atoms with van der Waals surface area (Å²) in [5.74, 6) is -0.314. The van der Waals surface area contributed by atoms with Gasteiger partial charge in [0.05, 0.1) is 34.4 Å². The van der Waals surface area contributed by atoms with Crippen LogP contribution in [0, 0.1) is 0 Å². The second-order valence-corrected chi connectivity index (χ2v) is 17.2. The number of carbonyl (C=O) groups excluding carboxylic acids is 1. The number of carbonyl (C=O) groups is 1. The molecular weight excluding hydrogens is 661 g/mol. The van der Waals surface area contributed by atoms with Gasteiger partial charge in [0, 0.05) is 13.0 Å². The number of nitrogens with zero attached hydrogens (tertiary/aromatic N) is 1. The van der Waals surface area contributed by atoms with E-state index in [4.69, 9.17) is 18.5 Å². The molecule has 304 valence electrons. The summed E-state index contributed by atoms with van der Waals surface area (Å²) in [5.41, 5.74) is 0. The summed E-state index contributed by atoms with van der Waals surface area (Å²) in [6.45, 7) is 5.63.